The summed E-state index contributed by atoms with van der Waals surface area (Å²) in [6, 6.07) is 22.6. The maximum absolute atomic E-state index is 13.2. The number of benzene rings is 3. The fraction of sp³-hybridized carbons (Fsp3) is 0.371. The molecule has 3 aliphatic rings. The molecule has 1 aliphatic carbocycles. The second-order valence-electron chi connectivity index (χ2n) is 11.6. The molecule has 2 heterocycles. The predicted molar refractivity (Wildman–Crippen MR) is 161 cm³/mol. The summed E-state index contributed by atoms with van der Waals surface area (Å²) in [6.07, 6.45) is 5.75. The molecule has 1 N–H and O–H groups in total. The largest absolute Gasteiger partial charge is 0.392 e. The van der Waals surface area contributed by atoms with Gasteiger partial charge < -0.3 is 14.6 Å². The van der Waals surface area contributed by atoms with E-state index in [1.54, 1.807) is 30.3 Å². The van der Waals surface area contributed by atoms with Crippen molar-refractivity contribution < 1.29 is 24.2 Å². The highest BCUT2D eigenvalue weighted by Crippen LogP contribution is 2.43. The molecule has 7 heteroatoms. The average molecular weight is 567 g/mol. The molecule has 2 fully saturated rings. The van der Waals surface area contributed by atoms with Gasteiger partial charge in [-0.1, -0.05) is 74.4 Å². The third-order valence-electron chi connectivity index (χ3n) is 8.94. The van der Waals surface area contributed by atoms with Crippen LogP contribution < -0.4 is 4.90 Å². The van der Waals surface area contributed by atoms with Crippen LogP contribution in [0.2, 0.25) is 0 Å². The number of aliphatic hydroxyl groups is 1. The van der Waals surface area contributed by atoms with Gasteiger partial charge in [0.05, 0.1) is 35.6 Å². The summed E-state index contributed by atoms with van der Waals surface area (Å²) in [4.78, 5) is 30.1. The van der Waals surface area contributed by atoms with Gasteiger partial charge in [0.1, 0.15) is 0 Å². The number of ether oxygens (including phenoxy) is 2. The predicted octanol–water partition coefficient (Wildman–Crippen LogP) is 6.20. The van der Waals surface area contributed by atoms with Crippen LogP contribution in [0, 0.1) is 5.92 Å². The summed E-state index contributed by atoms with van der Waals surface area (Å²) in [5.74, 6) is -0.610. The Bertz CT molecular complexity index is 1410. The van der Waals surface area contributed by atoms with E-state index < -0.39 is 6.29 Å². The first-order valence-corrected chi connectivity index (χ1v) is 14.9. The van der Waals surface area contributed by atoms with Crippen LogP contribution in [0.5, 0.6) is 0 Å². The number of nitrogens with zero attached hydrogens (tertiary/aromatic N) is 2. The Labute approximate surface area is 247 Å². The van der Waals surface area contributed by atoms with Crippen molar-refractivity contribution in [1.82, 2.24) is 4.90 Å². The number of carbonyl (C=O) groups excluding carboxylic acids is 2. The quantitative estimate of drug-likeness (QED) is 0.245. The van der Waals surface area contributed by atoms with Crippen LogP contribution in [0.1, 0.15) is 82.4 Å². The Morgan fingerprint density at radius 3 is 2.26 bits per heavy atom. The first kappa shape index (κ1) is 28.5. The van der Waals surface area contributed by atoms with E-state index in [2.05, 4.69) is 18.4 Å². The van der Waals surface area contributed by atoms with Gasteiger partial charge in [-0.3, -0.25) is 14.5 Å². The molecule has 6 rings (SSSR count). The highest BCUT2D eigenvalue weighted by Gasteiger charge is 2.41. The lowest BCUT2D eigenvalue weighted by atomic mass is 9.89. The fourth-order valence-electron chi connectivity index (χ4n) is 6.60. The van der Waals surface area contributed by atoms with E-state index in [1.807, 2.05) is 48.5 Å². The van der Waals surface area contributed by atoms with Crippen molar-refractivity contribution in [1.29, 1.82) is 0 Å². The Hall–Kier alpha value is -3.62. The number of anilines is 1. The number of hydrogen-bond donors (Lipinski definition) is 1. The topological polar surface area (TPSA) is 79.3 Å². The van der Waals surface area contributed by atoms with E-state index in [9.17, 15) is 14.7 Å². The molecule has 0 spiro atoms. The number of aliphatic hydroxyl groups excluding tert-OH is 1. The lowest BCUT2D eigenvalue weighted by Crippen LogP contribution is -2.47. The second kappa shape index (κ2) is 12.3. The van der Waals surface area contributed by atoms with Crippen LogP contribution in [-0.4, -0.2) is 47.1 Å². The normalized spacial score (nSPS) is 24.4. The molecule has 0 unspecified atom stereocenters. The molecular formula is C35H38N2O5. The van der Waals surface area contributed by atoms with Crippen molar-refractivity contribution in [2.24, 2.45) is 5.92 Å². The molecule has 1 saturated carbocycles. The van der Waals surface area contributed by atoms with Gasteiger partial charge >= 0.3 is 0 Å². The molecule has 1 saturated heterocycles. The molecule has 2 amide bonds. The molecule has 218 valence electrons. The Morgan fingerprint density at radius 2 is 1.62 bits per heavy atom. The zero-order valence-electron chi connectivity index (χ0n) is 24.0. The molecule has 0 bridgehead atoms. The SMILES string of the molecule is C=CCN(C[C@@H]1O[C@H](c2cccc(N3C(=O)c4ccccc4C3=O)c2)O[C@H](c2ccc(CO)cc2)[C@@H]1C)C1CCCC1. The summed E-state index contributed by atoms with van der Waals surface area (Å²) in [6.45, 7) is 7.72. The third kappa shape index (κ3) is 5.45. The fourth-order valence-corrected chi connectivity index (χ4v) is 6.60. The van der Waals surface area contributed by atoms with Crippen LogP contribution >= 0.6 is 0 Å². The van der Waals surface area contributed by atoms with Gasteiger partial charge in [-0.05, 0) is 48.2 Å². The van der Waals surface area contributed by atoms with Crippen molar-refractivity contribution in [3.8, 4) is 0 Å². The van der Waals surface area contributed by atoms with E-state index in [-0.39, 0.29) is 36.5 Å². The van der Waals surface area contributed by atoms with Gasteiger partial charge in [-0.2, -0.15) is 0 Å². The Morgan fingerprint density at radius 1 is 0.929 bits per heavy atom. The van der Waals surface area contributed by atoms with Crippen LogP contribution in [-0.2, 0) is 16.1 Å². The zero-order valence-corrected chi connectivity index (χ0v) is 24.0. The van der Waals surface area contributed by atoms with E-state index in [0.717, 1.165) is 29.8 Å². The van der Waals surface area contributed by atoms with E-state index in [1.165, 1.54) is 30.6 Å². The van der Waals surface area contributed by atoms with Gasteiger partial charge in [0, 0.05) is 30.6 Å². The van der Waals surface area contributed by atoms with Crippen LogP contribution in [0.15, 0.2) is 85.5 Å². The number of fused-ring (bicyclic) bond motifs is 1. The number of rotatable bonds is 9. The summed E-state index contributed by atoms with van der Waals surface area (Å²) in [7, 11) is 0. The average Bonchev–Trinajstić information content (AvgIpc) is 3.65. The van der Waals surface area contributed by atoms with Crippen molar-refractivity contribution in [3.05, 3.63) is 113 Å². The summed E-state index contributed by atoms with van der Waals surface area (Å²) < 4.78 is 13.4. The number of imide groups is 1. The van der Waals surface area contributed by atoms with Gasteiger partial charge in [-0.25, -0.2) is 4.90 Å². The van der Waals surface area contributed by atoms with E-state index in [4.69, 9.17) is 9.47 Å². The molecule has 2 aliphatic heterocycles. The molecule has 3 aromatic rings. The van der Waals surface area contributed by atoms with Gasteiger partial charge in [0.2, 0.25) is 0 Å². The lowest BCUT2D eigenvalue weighted by Gasteiger charge is -2.43. The minimum absolute atomic E-state index is 0.0157. The maximum atomic E-state index is 13.2. The van der Waals surface area contributed by atoms with E-state index >= 15 is 0 Å². The lowest BCUT2D eigenvalue weighted by molar-refractivity contribution is -0.276. The summed E-state index contributed by atoms with van der Waals surface area (Å²) >= 11 is 0. The van der Waals surface area contributed by atoms with Crippen molar-refractivity contribution in [2.75, 3.05) is 18.0 Å². The Kier molecular flexibility index (Phi) is 8.36. The zero-order chi connectivity index (χ0) is 29.2. The molecule has 0 radical (unpaired) electrons. The van der Waals surface area contributed by atoms with Gasteiger partial charge in [-0.15, -0.1) is 6.58 Å². The first-order chi connectivity index (χ1) is 20.5. The van der Waals surface area contributed by atoms with Crippen LogP contribution in [0.4, 0.5) is 5.69 Å². The van der Waals surface area contributed by atoms with Crippen molar-refractivity contribution in [3.63, 3.8) is 0 Å². The highest BCUT2D eigenvalue weighted by molar-refractivity contribution is 6.34. The van der Waals surface area contributed by atoms with Crippen molar-refractivity contribution in [2.45, 2.75) is 63.8 Å². The molecule has 7 nitrogen and oxygen atoms in total. The minimum Gasteiger partial charge on any atom is -0.392 e. The molecule has 3 aromatic carbocycles. The number of carbonyl (C=O) groups is 2. The summed E-state index contributed by atoms with van der Waals surface area (Å²) in [5, 5.41) is 9.57. The molecule has 0 aromatic heterocycles. The minimum atomic E-state index is -0.696. The molecular weight excluding hydrogens is 528 g/mol. The summed E-state index contributed by atoms with van der Waals surface area (Å²) in [5.41, 5.74) is 3.92. The molecule has 42 heavy (non-hydrogen) atoms. The van der Waals surface area contributed by atoms with Crippen LogP contribution in [0.25, 0.3) is 0 Å². The number of amides is 2. The standard InChI is InChI=1S/C35H38N2O5/c1-3-19-36(27-10-4-5-11-27)21-31-23(2)32(25-17-15-24(22-38)16-18-25)42-35(41-31)26-9-8-12-28(20-26)37-33(39)29-13-6-7-14-30(29)34(37)40/h3,6-9,12-18,20,23,27,31-32,35,38H,1,4-5,10-11,19,21-22H2,2H3/t23-,31+,32+,35+/m1/s1. The number of hydrogen-bond acceptors (Lipinski definition) is 6. The molecule has 4 atom stereocenters. The van der Waals surface area contributed by atoms with Crippen molar-refractivity contribution >= 4 is 17.5 Å². The van der Waals surface area contributed by atoms with Crippen LogP contribution in [0.3, 0.4) is 0 Å². The van der Waals surface area contributed by atoms with Gasteiger partial charge in [0.25, 0.3) is 11.8 Å². The Balaban J connectivity index is 1.31. The van der Waals surface area contributed by atoms with E-state index in [0.29, 0.717) is 22.9 Å². The first-order valence-electron chi connectivity index (χ1n) is 14.9. The monoisotopic (exact) mass is 566 g/mol. The highest BCUT2D eigenvalue weighted by atomic mass is 16.7. The maximum Gasteiger partial charge on any atom is 0.266 e. The third-order valence-corrected chi connectivity index (χ3v) is 8.94. The smallest absolute Gasteiger partial charge is 0.266 e. The second-order valence-corrected chi connectivity index (χ2v) is 11.6. The van der Waals surface area contributed by atoms with Gasteiger partial charge in [0.15, 0.2) is 6.29 Å².